The molecule has 1 nitrogen and oxygen atoms in total. The van der Waals surface area contributed by atoms with Gasteiger partial charge < -0.3 is 0 Å². The van der Waals surface area contributed by atoms with Gasteiger partial charge in [-0.2, -0.15) is 0 Å². The van der Waals surface area contributed by atoms with Gasteiger partial charge in [0.15, 0.2) is 8.80 Å². The summed E-state index contributed by atoms with van der Waals surface area (Å²) in [7, 11) is -6.67. The maximum Gasteiger partial charge on any atom is 0.183 e. The lowest BCUT2D eigenvalue weighted by atomic mass is 10.4. The molecule has 1 saturated heterocycles. The van der Waals surface area contributed by atoms with Crippen molar-refractivity contribution in [2.75, 3.05) is 0 Å². The Morgan fingerprint density at radius 1 is 0.609 bits per heavy atom. The molecule has 133 valence electrons. The van der Waals surface area contributed by atoms with E-state index in [1.165, 1.54) is 12.8 Å². The van der Waals surface area contributed by atoms with Crippen LogP contribution in [0.4, 0.5) is 0 Å². The third-order valence-corrected chi connectivity index (χ3v) is 41.6. The predicted molar refractivity (Wildman–Crippen MR) is 119 cm³/mol. The van der Waals surface area contributed by atoms with E-state index in [2.05, 4.69) is 84.3 Å². The molecule has 0 aromatic rings. The summed E-state index contributed by atoms with van der Waals surface area (Å²) in [6.07, 6.45) is 2.77. The minimum atomic E-state index is -1.41. The molecule has 0 unspecified atom stereocenters. The lowest BCUT2D eigenvalue weighted by Gasteiger charge is -2.57. The summed E-state index contributed by atoms with van der Waals surface area (Å²) in [5.74, 6) is 0. The summed E-state index contributed by atoms with van der Waals surface area (Å²) >= 11 is 0. The molecule has 1 fully saturated rings. The summed E-state index contributed by atoms with van der Waals surface area (Å²) in [6, 6.07) is 0. The van der Waals surface area contributed by atoms with Crippen LogP contribution in [0.5, 0.6) is 0 Å². The molecule has 0 amide bonds. The highest BCUT2D eigenvalue weighted by Gasteiger charge is 2.73. The van der Waals surface area contributed by atoms with Crippen LogP contribution in [0.3, 0.4) is 0 Å². The molecule has 23 heavy (non-hydrogen) atoms. The highest BCUT2D eigenvalue weighted by atomic mass is 28.5. The number of hydrogen-bond acceptors (Lipinski definition) is 1. The Morgan fingerprint density at radius 2 is 0.826 bits per heavy atom. The second kappa shape index (κ2) is 5.80. The van der Waals surface area contributed by atoms with Gasteiger partial charge in [-0.05, 0) is 8.57 Å². The molecule has 0 aromatic carbocycles. The fourth-order valence-corrected chi connectivity index (χ4v) is 46.5. The fourth-order valence-electron chi connectivity index (χ4n) is 6.43. The molecule has 0 saturated carbocycles. The monoisotopic (exact) mass is 398 g/mol. The van der Waals surface area contributed by atoms with Gasteiger partial charge in [-0.25, -0.2) is 5.26 Å². The Kier molecular flexibility index (Phi) is 5.45. The minimum Gasteiger partial charge on any atom is -0.207 e. The van der Waals surface area contributed by atoms with Gasteiger partial charge in [-0.1, -0.05) is 91.4 Å². The normalized spacial score (nSPS) is 22.9. The lowest BCUT2D eigenvalue weighted by molar-refractivity contribution is 0.763. The number of hydrogen-bond donors (Lipinski definition) is 0. The van der Waals surface area contributed by atoms with Crippen molar-refractivity contribution in [1.29, 1.82) is 5.26 Å². The van der Waals surface area contributed by atoms with Crippen LogP contribution in [0.25, 0.3) is 0 Å². The second-order valence-electron chi connectivity index (χ2n) is 11.8. The Morgan fingerprint density at radius 3 is 0.957 bits per heavy atom. The van der Waals surface area contributed by atoms with Crippen molar-refractivity contribution >= 4 is 41.1 Å². The van der Waals surface area contributed by atoms with Crippen molar-refractivity contribution in [2.45, 2.75) is 100.0 Å². The van der Waals surface area contributed by atoms with E-state index in [0.717, 1.165) is 0 Å². The quantitative estimate of drug-likeness (QED) is 0.507. The smallest absolute Gasteiger partial charge is 0.183 e. The molecule has 0 atom stereocenters. The first-order valence-electron chi connectivity index (χ1n) is 9.18. The van der Waals surface area contributed by atoms with Gasteiger partial charge in [-0.3, -0.25) is 0 Å². The standard InChI is InChI=1S/C17H40NSi5/c1-20(2,3)16(21(4,5)6)13-14-17(19(16)15-18,22(7,8)9)23(10,11)12/h13-14H2,1-12H3. The molecule has 0 aliphatic carbocycles. The highest BCUT2D eigenvalue weighted by molar-refractivity contribution is 7.22. The van der Waals surface area contributed by atoms with Crippen molar-refractivity contribution in [3.8, 4) is 5.69 Å². The van der Waals surface area contributed by atoms with Gasteiger partial charge in [0.05, 0.1) is 0 Å². The van der Waals surface area contributed by atoms with Gasteiger partial charge in [0, 0.05) is 38.0 Å². The molecule has 0 aromatic heterocycles. The van der Waals surface area contributed by atoms with E-state index in [-0.39, 0.29) is 0 Å². The first-order chi connectivity index (χ1) is 9.90. The van der Waals surface area contributed by atoms with Crippen molar-refractivity contribution < 1.29 is 0 Å². The van der Waals surface area contributed by atoms with Crippen LogP contribution in [-0.4, -0.2) is 41.1 Å². The average Bonchev–Trinajstić information content (AvgIpc) is 2.62. The Labute approximate surface area is 151 Å². The van der Waals surface area contributed by atoms with Crippen LogP contribution in [0.1, 0.15) is 12.8 Å². The van der Waals surface area contributed by atoms with Crippen LogP contribution >= 0.6 is 0 Å². The van der Waals surface area contributed by atoms with Crippen molar-refractivity contribution in [2.24, 2.45) is 0 Å². The Hall–Kier alpha value is 0.574. The van der Waals surface area contributed by atoms with Crippen LogP contribution in [0.15, 0.2) is 0 Å². The van der Waals surface area contributed by atoms with E-state index in [4.69, 9.17) is 0 Å². The Bertz CT molecular complexity index is 426. The van der Waals surface area contributed by atoms with Crippen LogP contribution < -0.4 is 0 Å². The molecular weight excluding hydrogens is 359 g/mol. The SMILES string of the molecule is C[Si](C)(C)C1([Si](C)(C)C)CCC([Si](C)(C)C)([Si](C)(C)C)[Si]1C#N. The van der Waals surface area contributed by atoms with E-state index >= 15 is 0 Å². The van der Waals surface area contributed by atoms with Crippen LogP contribution in [0, 0.1) is 11.0 Å². The molecule has 1 rings (SSSR count). The van der Waals surface area contributed by atoms with E-state index in [1.807, 2.05) is 0 Å². The molecule has 6 heteroatoms. The van der Waals surface area contributed by atoms with Crippen molar-refractivity contribution in [1.82, 2.24) is 0 Å². The number of nitrogens with zero attached hydrogens (tertiary/aromatic N) is 1. The third-order valence-electron chi connectivity index (χ3n) is 6.96. The van der Waals surface area contributed by atoms with Crippen molar-refractivity contribution in [3.05, 3.63) is 0 Å². The zero-order valence-corrected chi connectivity index (χ0v) is 22.9. The van der Waals surface area contributed by atoms with Gasteiger partial charge in [0.25, 0.3) is 0 Å². The molecule has 0 N–H and O–H groups in total. The predicted octanol–water partition coefficient (Wildman–Crippen LogP) is 6.33. The maximum atomic E-state index is 10.6. The van der Waals surface area contributed by atoms with E-state index in [1.54, 1.807) is 0 Å². The highest BCUT2D eigenvalue weighted by Crippen LogP contribution is 2.70. The first kappa shape index (κ1) is 21.6. The number of nitriles is 1. The minimum absolute atomic E-state index is 0.472. The summed E-state index contributed by atoms with van der Waals surface area (Å²) in [5, 5.41) is 10.6. The molecule has 0 spiro atoms. The molecule has 1 radical (unpaired) electrons. The maximum absolute atomic E-state index is 10.6. The molecule has 0 bridgehead atoms. The van der Waals surface area contributed by atoms with Crippen LogP contribution in [-0.2, 0) is 0 Å². The van der Waals surface area contributed by atoms with Gasteiger partial charge >= 0.3 is 0 Å². The van der Waals surface area contributed by atoms with Crippen LogP contribution in [0.2, 0.25) is 87.1 Å². The number of rotatable bonds is 4. The summed E-state index contributed by atoms with van der Waals surface area (Å²) in [4.78, 5) is 0. The molecule has 1 aliphatic heterocycles. The first-order valence-corrected chi connectivity index (χ1v) is 24.7. The van der Waals surface area contributed by atoms with Crippen molar-refractivity contribution in [3.63, 3.8) is 0 Å². The summed E-state index contributed by atoms with van der Waals surface area (Å²) in [6.45, 7) is 31.0. The van der Waals surface area contributed by atoms with Gasteiger partial charge in [0.1, 0.15) is 0 Å². The lowest BCUT2D eigenvalue weighted by Crippen LogP contribution is -2.68. The zero-order valence-electron chi connectivity index (χ0n) is 17.9. The van der Waals surface area contributed by atoms with E-state index < -0.39 is 41.1 Å². The van der Waals surface area contributed by atoms with Gasteiger partial charge in [-0.15, -0.1) is 0 Å². The van der Waals surface area contributed by atoms with E-state index in [9.17, 15) is 5.26 Å². The summed E-state index contributed by atoms with van der Waals surface area (Å²) in [5.41, 5.74) is 3.11. The topological polar surface area (TPSA) is 23.8 Å². The largest absolute Gasteiger partial charge is 0.207 e. The average molecular weight is 399 g/mol. The second-order valence-corrected chi connectivity index (χ2v) is 38.9. The molecule has 1 aliphatic rings. The fraction of sp³-hybridized carbons (Fsp3) is 0.941. The van der Waals surface area contributed by atoms with Gasteiger partial charge in [0.2, 0.25) is 0 Å². The molecular formula is C17H40NSi5. The van der Waals surface area contributed by atoms with E-state index in [0.29, 0.717) is 8.57 Å². The zero-order chi connectivity index (χ0) is 18.7. The Balaban J connectivity index is 3.83. The molecule has 1 heterocycles. The third kappa shape index (κ3) is 2.88. The summed E-state index contributed by atoms with van der Waals surface area (Å²) < 4.78 is 0.944.